The van der Waals surface area contributed by atoms with E-state index in [2.05, 4.69) is 6.92 Å². The number of Topliss-reactive ketones (excluding diaryl/α,β-unsaturated/α-hetero) is 1. The number of benzene rings is 2. The van der Waals surface area contributed by atoms with Crippen molar-refractivity contribution in [3.63, 3.8) is 0 Å². The summed E-state index contributed by atoms with van der Waals surface area (Å²) >= 11 is 0. The van der Waals surface area contributed by atoms with Crippen LogP contribution in [-0.2, 0) is 19.1 Å². The third kappa shape index (κ3) is 5.51. The number of hydrogen-bond donors (Lipinski definition) is 2. The summed E-state index contributed by atoms with van der Waals surface area (Å²) in [4.78, 5) is 26.3. The second-order valence-electron chi connectivity index (χ2n) is 11.7. The lowest BCUT2D eigenvalue weighted by Gasteiger charge is -2.34. The third-order valence-electron chi connectivity index (χ3n) is 8.55. The third-order valence-corrected chi connectivity index (χ3v) is 8.55. The number of cyclic esters (lactones) is 1. The molecule has 7 atom stereocenters. The van der Waals surface area contributed by atoms with Crippen LogP contribution in [-0.4, -0.2) is 45.9 Å². The minimum Gasteiger partial charge on any atom is -0.457 e. The Hall–Kier alpha value is -2.28. The van der Waals surface area contributed by atoms with E-state index in [1.807, 2.05) is 49.4 Å². The van der Waals surface area contributed by atoms with Gasteiger partial charge in [0, 0.05) is 12.3 Å². The van der Waals surface area contributed by atoms with E-state index in [-0.39, 0.29) is 29.8 Å². The van der Waals surface area contributed by atoms with Gasteiger partial charge < -0.3 is 19.7 Å². The Labute approximate surface area is 214 Å². The van der Waals surface area contributed by atoms with Crippen LogP contribution in [0.25, 0.3) is 10.8 Å². The second kappa shape index (κ2) is 10.2. The molecule has 2 fully saturated rings. The molecule has 2 aromatic carbocycles. The number of esters is 1. The molecule has 36 heavy (non-hydrogen) atoms. The van der Waals surface area contributed by atoms with Crippen molar-refractivity contribution in [1.82, 2.24) is 0 Å². The van der Waals surface area contributed by atoms with Crippen LogP contribution in [0.3, 0.4) is 0 Å². The van der Waals surface area contributed by atoms with Crippen molar-refractivity contribution in [2.75, 3.05) is 0 Å². The quantitative estimate of drug-likeness (QED) is 0.419. The second-order valence-corrected chi connectivity index (χ2v) is 11.7. The molecular weight excluding hydrogens is 456 g/mol. The zero-order valence-corrected chi connectivity index (χ0v) is 22.1. The monoisotopic (exact) mass is 496 g/mol. The normalized spacial score (nSPS) is 36.2. The smallest absolute Gasteiger partial charge is 0.309 e. The maximum absolute atomic E-state index is 13.3. The molecule has 2 aromatic rings. The molecule has 6 heteroatoms. The summed E-state index contributed by atoms with van der Waals surface area (Å²) in [5.74, 6) is -1.53. The molecule has 0 saturated carbocycles. The van der Waals surface area contributed by atoms with Crippen LogP contribution in [0.2, 0.25) is 0 Å². The van der Waals surface area contributed by atoms with Crippen molar-refractivity contribution >= 4 is 22.5 Å². The number of epoxide rings is 1. The van der Waals surface area contributed by atoms with Gasteiger partial charge in [0.15, 0.2) is 0 Å². The van der Waals surface area contributed by atoms with Crippen molar-refractivity contribution in [1.29, 1.82) is 0 Å². The Kier molecular flexibility index (Phi) is 7.61. The van der Waals surface area contributed by atoms with Gasteiger partial charge in [-0.1, -0.05) is 70.5 Å². The molecule has 4 rings (SSSR count). The Balaban J connectivity index is 1.62. The van der Waals surface area contributed by atoms with Crippen LogP contribution in [0.15, 0.2) is 42.5 Å². The topological polar surface area (TPSA) is 96.4 Å². The van der Waals surface area contributed by atoms with E-state index in [1.165, 1.54) is 0 Å². The molecule has 0 amide bonds. The highest BCUT2D eigenvalue weighted by Crippen LogP contribution is 2.46. The van der Waals surface area contributed by atoms with Crippen molar-refractivity contribution in [3.8, 4) is 0 Å². The fraction of sp³-hybridized carbons (Fsp3) is 0.600. The average molecular weight is 497 g/mol. The summed E-state index contributed by atoms with van der Waals surface area (Å²) in [6.45, 7) is 9.01. The van der Waals surface area contributed by atoms with Gasteiger partial charge in [-0.05, 0) is 48.1 Å². The average Bonchev–Trinajstić information content (AvgIpc) is 3.49. The van der Waals surface area contributed by atoms with Crippen LogP contribution in [0.1, 0.15) is 78.4 Å². The minimum absolute atomic E-state index is 0.0447. The molecule has 0 aliphatic carbocycles. The zero-order valence-electron chi connectivity index (χ0n) is 22.1. The lowest BCUT2D eigenvalue weighted by molar-refractivity contribution is -0.156. The first-order chi connectivity index (χ1) is 16.9. The van der Waals surface area contributed by atoms with Crippen molar-refractivity contribution in [2.24, 2.45) is 17.3 Å². The summed E-state index contributed by atoms with van der Waals surface area (Å²) in [5, 5.41) is 23.9. The molecule has 2 N–H and O–H groups in total. The number of ether oxygens (including phenoxy) is 2. The zero-order chi connectivity index (χ0) is 26.3. The Morgan fingerprint density at radius 1 is 0.972 bits per heavy atom. The minimum atomic E-state index is -1.23. The van der Waals surface area contributed by atoms with E-state index < -0.39 is 35.6 Å². The predicted octanol–water partition coefficient (Wildman–Crippen LogP) is 5.14. The van der Waals surface area contributed by atoms with Crippen LogP contribution < -0.4 is 0 Å². The molecule has 2 heterocycles. The maximum atomic E-state index is 13.3. The van der Waals surface area contributed by atoms with E-state index >= 15 is 0 Å². The Morgan fingerprint density at radius 3 is 2.39 bits per heavy atom. The van der Waals surface area contributed by atoms with Gasteiger partial charge in [0.1, 0.15) is 11.9 Å². The fourth-order valence-corrected chi connectivity index (χ4v) is 5.63. The number of hydrogen-bond acceptors (Lipinski definition) is 6. The van der Waals surface area contributed by atoms with Crippen molar-refractivity contribution < 1.29 is 29.3 Å². The molecule has 0 unspecified atom stereocenters. The molecule has 2 saturated heterocycles. The summed E-state index contributed by atoms with van der Waals surface area (Å²) < 4.78 is 12.1. The SMILES string of the molecule is C[C@H]1CCC[C@@]2(C)O[C@H]2C[C@@H](c2ccc3ccccc3c2)OC(=O)C[C@H](O)C(C)(C)C(=O)[C@H](C)[C@H]1O. The number of fused-ring (bicyclic) bond motifs is 2. The van der Waals surface area contributed by atoms with Crippen LogP contribution in [0, 0.1) is 17.3 Å². The van der Waals surface area contributed by atoms with Gasteiger partial charge in [-0.2, -0.15) is 0 Å². The molecule has 2 aliphatic heterocycles. The lowest BCUT2D eigenvalue weighted by Crippen LogP contribution is -2.45. The van der Waals surface area contributed by atoms with Gasteiger partial charge in [-0.25, -0.2) is 0 Å². The molecular formula is C30H40O6. The van der Waals surface area contributed by atoms with E-state index in [4.69, 9.17) is 9.47 Å². The standard InChI is InChI=1S/C30H40O6/c1-18-9-8-14-30(5)25(36-30)16-23(22-13-12-20-10-6-7-11-21(20)15-22)35-26(32)17-24(31)29(3,4)28(34)19(2)27(18)33/h6-7,10-13,15,18-19,23-25,27,31,33H,8-9,14,16-17H2,1-5H3/t18-,19+,23-,24-,25-,27-,30+/m0/s1. The number of carbonyl (C=O) groups is 2. The Morgan fingerprint density at radius 2 is 1.67 bits per heavy atom. The molecule has 0 spiro atoms. The lowest BCUT2D eigenvalue weighted by atomic mass is 9.73. The highest BCUT2D eigenvalue weighted by molar-refractivity contribution is 5.88. The van der Waals surface area contributed by atoms with E-state index in [9.17, 15) is 19.8 Å². The van der Waals surface area contributed by atoms with E-state index in [1.54, 1.807) is 20.8 Å². The van der Waals surface area contributed by atoms with E-state index in [0.29, 0.717) is 6.42 Å². The molecule has 0 bridgehead atoms. The van der Waals surface area contributed by atoms with Crippen LogP contribution >= 0.6 is 0 Å². The van der Waals surface area contributed by atoms with Crippen LogP contribution in [0.4, 0.5) is 0 Å². The van der Waals surface area contributed by atoms with Gasteiger partial charge in [-0.15, -0.1) is 0 Å². The summed E-state index contributed by atoms with van der Waals surface area (Å²) in [6, 6.07) is 14.1. The number of carbonyl (C=O) groups excluding carboxylic acids is 2. The summed E-state index contributed by atoms with van der Waals surface area (Å²) in [7, 11) is 0. The van der Waals surface area contributed by atoms with Gasteiger partial charge in [0.05, 0.1) is 35.7 Å². The fourth-order valence-electron chi connectivity index (χ4n) is 5.63. The summed E-state index contributed by atoms with van der Waals surface area (Å²) in [6.07, 6.45) is 0.0802. The first-order valence-electron chi connectivity index (χ1n) is 13.2. The van der Waals surface area contributed by atoms with Crippen molar-refractivity contribution in [3.05, 3.63) is 48.0 Å². The number of aliphatic hydroxyl groups is 2. The van der Waals surface area contributed by atoms with E-state index in [0.717, 1.165) is 35.6 Å². The molecule has 6 nitrogen and oxygen atoms in total. The van der Waals surface area contributed by atoms with Gasteiger partial charge in [-0.3, -0.25) is 9.59 Å². The number of aliphatic hydroxyl groups excluding tert-OH is 2. The van der Waals surface area contributed by atoms with Gasteiger partial charge in [0.25, 0.3) is 0 Å². The number of ketones is 1. The highest BCUT2D eigenvalue weighted by Gasteiger charge is 2.53. The first kappa shape index (κ1) is 26.8. The predicted molar refractivity (Wildman–Crippen MR) is 138 cm³/mol. The molecule has 0 radical (unpaired) electrons. The molecule has 0 aromatic heterocycles. The molecule has 2 aliphatic rings. The van der Waals surface area contributed by atoms with Gasteiger partial charge >= 0.3 is 5.97 Å². The Bertz CT molecular complexity index is 1110. The van der Waals surface area contributed by atoms with Crippen LogP contribution in [0.5, 0.6) is 0 Å². The van der Waals surface area contributed by atoms with Gasteiger partial charge in [0.2, 0.25) is 0 Å². The largest absolute Gasteiger partial charge is 0.457 e. The number of rotatable bonds is 1. The highest BCUT2D eigenvalue weighted by atomic mass is 16.6. The maximum Gasteiger partial charge on any atom is 0.309 e. The summed E-state index contributed by atoms with van der Waals surface area (Å²) in [5.41, 5.74) is -0.616. The van der Waals surface area contributed by atoms with Crippen molar-refractivity contribution in [2.45, 2.75) is 96.7 Å². The first-order valence-corrected chi connectivity index (χ1v) is 13.2. The molecule has 196 valence electrons.